The molecule has 0 aromatic carbocycles. The molecule has 1 aromatic heterocycles. The fourth-order valence-electron chi connectivity index (χ4n) is 0.749. The Hall–Kier alpha value is -0.810. The van der Waals surface area contributed by atoms with Gasteiger partial charge >= 0.3 is 6.18 Å². The second-order valence-corrected chi connectivity index (χ2v) is 2.31. The number of rotatable bonds is 1. The molecule has 2 N–H and O–H groups in total. The van der Waals surface area contributed by atoms with Crippen LogP contribution in [0, 0.1) is 0 Å². The van der Waals surface area contributed by atoms with Crippen LogP contribution in [0.15, 0.2) is 24.5 Å². The van der Waals surface area contributed by atoms with Gasteiger partial charge in [0.15, 0.2) is 0 Å². The van der Waals surface area contributed by atoms with E-state index < -0.39 is 12.2 Å². The molecule has 13 heavy (non-hydrogen) atoms. The fraction of sp³-hybridized carbons (Fsp3) is 0.286. The maximum absolute atomic E-state index is 12.0. The number of halogens is 4. The monoisotopic (exact) mass is 212 g/mol. The molecule has 0 radical (unpaired) electrons. The third kappa shape index (κ3) is 3.20. The normalized spacial score (nSPS) is 13.2. The Labute approximate surface area is 79.4 Å². The number of hydrogen-bond donors (Lipinski definition) is 1. The Morgan fingerprint density at radius 1 is 1.38 bits per heavy atom. The second kappa shape index (κ2) is 4.43. The zero-order valence-corrected chi connectivity index (χ0v) is 7.27. The second-order valence-electron chi connectivity index (χ2n) is 2.31. The highest BCUT2D eigenvalue weighted by Crippen LogP contribution is 2.29. The Morgan fingerprint density at radius 2 is 2.00 bits per heavy atom. The largest absolute Gasteiger partial charge is 0.407 e. The molecule has 74 valence electrons. The lowest BCUT2D eigenvalue weighted by molar-refractivity contribution is -0.149. The topological polar surface area (TPSA) is 38.9 Å². The smallest absolute Gasteiger partial charge is 0.316 e. The van der Waals surface area contributed by atoms with Crippen LogP contribution < -0.4 is 5.73 Å². The highest BCUT2D eigenvalue weighted by atomic mass is 35.5. The number of aromatic nitrogens is 1. The lowest BCUT2D eigenvalue weighted by Crippen LogP contribution is -2.28. The van der Waals surface area contributed by atoms with Crippen LogP contribution in [0.3, 0.4) is 0 Å². The van der Waals surface area contributed by atoms with Gasteiger partial charge in [0.1, 0.15) is 6.04 Å². The number of nitrogens with zero attached hydrogens (tertiary/aromatic N) is 1. The van der Waals surface area contributed by atoms with Crippen molar-refractivity contribution >= 4 is 12.4 Å². The molecule has 0 unspecified atom stereocenters. The molecular formula is C7H8ClF3N2. The van der Waals surface area contributed by atoms with Crippen LogP contribution in [-0.2, 0) is 0 Å². The van der Waals surface area contributed by atoms with Crippen molar-refractivity contribution in [2.45, 2.75) is 12.2 Å². The Balaban J connectivity index is 0.00000144. The van der Waals surface area contributed by atoms with Crippen molar-refractivity contribution in [1.29, 1.82) is 0 Å². The van der Waals surface area contributed by atoms with E-state index in [1.807, 2.05) is 0 Å². The Bertz CT molecular complexity index is 250. The van der Waals surface area contributed by atoms with Crippen molar-refractivity contribution in [1.82, 2.24) is 4.98 Å². The summed E-state index contributed by atoms with van der Waals surface area (Å²) in [6, 6.07) is 0.776. The summed E-state index contributed by atoms with van der Waals surface area (Å²) in [4.78, 5) is 3.54. The minimum Gasteiger partial charge on any atom is -0.316 e. The first-order chi connectivity index (χ1) is 5.52. The van der Waals surface area contributed by atoms with Gasteiger partial charge in [0.25, 0.3) is 0 Å². The molecule has 0 saturated carbocycles. The molecule has 1 rings (SSSR count). The van der Waals surface area contributed by atoms with Crippen LogP contribution in [-0.4, -0.2) is 11.2 Å². The van der Waals surface area contributed by atoms with Gasteiger partial charge in [0.2, 0.25) is 0 Å². The standard InChI is InChI=1S/C7H7F3N2.ClH/c8-7(9,10)6(11)5-2-1-3-12-4-5;/h1-4,6H,11H2;1H/t6-;/m0./s1. The minimum absolute atomic E-state index is 0. The zero-order valence-electron chi connectivity index (χ0n) is 6.45. The third-order valence-electron chi connectivity index (χ3n) is 1.40. The Morgan fingerprint density at radius 3 is 2.38 bits per heavy atom. The first kappa shape index (κ1) is 12.2. The van der Waals surface area contributed by atoms with Gasteiger partial charge in [-0.3, -0.25) is 4.98 Å². The minimum atomic E-state index is -4.40. The highest BCUT2D eigenvalue weighted by molar-refractivity contribution is 5.85. The van der Waals surface area contributed by atoms with Crippen molar-refractivity contribution in [2.75, 3.05) is 0 Å². The van der Waals surface area contributed by atoms with Crippen LogP contribution in [0.5, 0.6) is 0 Å². The van der Waals surface area contributed by atoms with Crippen LogP contribution >= 0.6 is 12.4 Å². The summed E-state index contributed by atoms with van der Waals surface area (Å²) in [5, 5.41) is 0. The van der Waals surface area contributed by atoms with Crippen molar-refractivity contribution in [2.24, 2.45) is 5.73 Å². The van der Waals surface area contributed by atoms with E-state index in [0.717, 1.165) is 6.20 Å². The van der Waals surface area contributed by atoms with E-state index in [1.165, 1.54) is 18.3 Å². The summed E-state index contributed by atoms with van der Waals surface area (Å²) in [5.74, 6) is 0. The molecule has 1 aromatic rings. The third-order valence-corrected chi connectivity index (χ3v) is 1.40. The average molecular weight is 213 g/mol. The van der Waals surface area contributed by atoms with Crippen molar-refractivity contribution in [3.05, 3.63) is 30.1 Å². The van der Waals surface area contributed by atoms with Gasteiger partial charge < -0.3 is 5.73 Å². The molecule has 0 fully saturated rings. The molecule has 1 heterocycles. The number of alkyl halides is 3. The molecular weight excluding hydrogens is 205 g/mol. The molecule has 0 saturated heterocycles. The summed E-state index contributed by atoms with van der Waals surface area (Å²) in [5.41, 5.74) is 4.88. The fourth-order valence-corrected chi connectivity index (χ4v) is 0.749. The van der Waals surface area contributed by atoms with E-state index in [1.54, 1.807) is 0 Å². The first-order valence-electron chi connectivity index (χ1n) is 3.24. The SMILES string of the molecule is Cl.N[C@@H](c1cccnc1)C(F)(F)F. The first-order valence-corrected chi connectivity index (χ1v) is 3.24. The van der Waals surface area contributed by atoms with Gasteiger partial charge in [0, 0.05) is 12.4 Å². The average Bonchev–Trinajstić information content (AvgIpc) is 2.03. The zero-order chi connectivity index (χ0) is 9.19. The molecule has 0 aliphatic heterocycles. The van der Waals surface area contributed by atoms with Gasteiger partial charge in [-0.25, -0.2) is 0 Å². The molecule has 0 aliphatic rings. The van der Waals surface area contributed by atoms with Gasteiger partial charge in [-0.1, -0.05) is 6.07 Å². The van der Waals surface area contributed by atoms with E-state index in [-0.39, 0.29) is 18.0 Å². The molecule has 2 nitrogen and oxygen atoms in total. The van der Waals surface area contributed by atoms with E-state index >= 15 is 0 Å². The molecule has 0 aliphatic carbocycles. The lowest BCUT2D eigenvalue weighted by atomic mass is 10.1. The van der Waals surface area contributed by atoms with Gasteiger partial charge in [-0.2, -0.15) is 13.2 Å². The van der Waals surface area contributed by atoms with Crippen LogP contribution in [0.25, 0.3) is 0 Å². The number of hydrogen-bond acceptors (Lipinski definition) is 2. The molecule has 6 heteroatoms. The maximum atomic E-state index is 12.0. The van der Waals surface area contributed by atoms with Gasteiger partial charge in [0.05, 0.1) is 0 Å². The summed E-state index contributed by atoms with van der Waals surface area (Å²) >= 11 is 0. The van der Waals surface area contributed by atoms with E-state index in [9.17, 15) is 13.2 Å². The number of nitrogens with two attached hydrogens (primary N) is 1. The predicted molar refractivity (Wildman–Crippen MR) is 44.5 cm³/mol. The maximum Gasteiger partial charge on any atom is 0.407 e. The molecule has 0 amide bonds. The molecule has 1 atom stereocenters. The quantitative estimate of drug-likeness (QED) is 0.774. The van der Waals surface area contributed by atoms with E-state index in [0.29, 0.717) is 0 Å². The lowest BCUT2D eigenvalue weighted by Gasteiger charge is -2.14. The molecule has 0 spiro atoms. The van der Waals surface area contributed by atoms with E-state index in [2.05, 4.69) is 4.98 Å². The van der Waals surface area contributed by atoms with Gasteiger partial charge in [-0.15, -0.1) is 12.4 Å². The predicted octanol–water partition coefficient (Wildman–Crippen LogP) is 2.07. The van der Waals surface area contributed by atoms with Crippen molar-refractivity contribution in [3.8, 4) is 0 Å². The summed E-state index contributed by atoms with van der Waals surface area (Å²) in [6.07, 6.45) is -1.90. The summed E-state index contributed by atoms with van der Waals surface area (Å²) < 4.78 is 35.9. The Kier molecular flexibility index (Phi) is 4.16. The molecule has 0 bridgehead atoms. The summed E-state index contributed by atoms with van der Waals surface area (Å²) in [6.45, 7) is 0. The highest BCUT2D eigenvalue weighted by Gasteiger charge is 2.37. The summed E-state index contributed by atoms with van der Waals surface area (Å²) in [7, 11) is 0. The van der Waals surface area contributed by atoms with Crippen LogP contribution in [0.2, 0.25) is 0 Å². The van der Waals surface area contributed by atoms with Crippen molar-refractivity contribution < 1.29 is 13.2 Å². The number of pyridine rings is 1. The van der Waals surface area contributed by atoms with Crippen LogP contribution in [0.4, 0.5) is 13.2 Å². The van der Waals surface area contributed by atoms with Crippen molar-refractivity contribution in [3.63, 3.8) is 0 Å². The van der Waals surface area contributed by atoms with Gasteiger partial charge in [-0.05, 0) is 11.6 Å². The van der Waals surface area contributed by atoms with Crippen LogP contribution in [0.1, 0.15) is 11.6 Å². The van der Waals surface area contributed by atoms with E-state index in [4.69, 9.17) is 5.73 Å².